The van der Waals surface area contributed by atoms with E-state index in [1.165, 1.54) is 0 Å². The highest BCUT2D eigenvalue weighted by Crippen LogP contribution is 2.29. The van der Waals surface area contributed by atoms with Gasteiger partial charge < -0.3 is 20.3 Å². The summed E-state index contributed by atoms with van der Waals surface area (Å²) in [4.78, 5) is 26.6. The number of benzene rings is 1. The number of amides is 2. The molecule has 0 radical (unpaired) electrons. The number of allylic oxidation sites excluding steroid dienone is 1. The predicted octanol–water partition coefficient (Wildman–Crippen LogP) is 3.11. The zero-order valence-electron chi connectivity index (χ0n) is 15.4. The number of ether oxygens (including phenoxy) is 1. The Hall–Kier alpha value is -2.50. The monoisotopic (exact) mass is 345 g/mol. The van der Waals surface area contributed by atoms with E-state index in [1.807, 2.05) is 31.2 Å². The lowest BCUT2D eigenvalue weighted by Gasteiger charge is -2.28. The van der Waals surface area contributed by atoms with Crippen LogP contribution in [0, 0.1) is 0 Å². The zero-order chi connectivity index (χ0) is 18.4. The van der Waals surface area contributed by atoms with E-state index < -0.39 is 12.0 Å². The number of nitrogens with one attached hydrogen (secondary N) is 2. The number of carbonyl (C=O) groups is 2. The lowest BCUT2D eigenvalue weighted by molar-refractivity contribution is -0.139. The van der Waals surface area contributed by atoms with Gasteiger partial charge in [0.2, 0.25) is 0 Å². The maximum absolute atomic E-state index is 12.4. The zero-order valence-corrected chi connectivity index (χ0v) is 15.4. The number of esters is 1. The number of rotatable bonds is 7. The minimum Gasteiger partial charge on any atom is -0.462 e. The van der Waals surface area contributed by atoms with Crippen LogP contribution in [-0.2, 0) is 9.53 Å². The van der Waals surface area contributed by atoms with Gasteiger partial charge in [0.1, 0.15) is 0 Å². The number of nitrogens with zero attached hydrogens (tertiary/aromatic N) is 1. The molecule has 0 aromatic heterocycles. The molecule has 0 bridgehead atoms. The number of hydrogen-bond acceptors (Lipinski definition) is 4. The van der Waals surface area contributed by atoms with Crippen LogP contribution >= 0.6 is 0 Å². The summed E-state index contributed by atoms with van der Waals surface area (Å²) in [6.07, 6.45) is 0.751. The van der Waals surface area contributed by atoms with E-state index in [0.717, 1.165) is 30.8 Å². The van der Waals surface area contributed by atoms with Crippen LogP contribution in [0.2, 0.25) is 0 Å². The Kier molecular flexibility index (Phi) is 6.44. The summed E-state index contributed by atoms with van der Waals surface area (Å²) in [5, 5.41) is 5.48. The average molecular weight is 345 g/mol. The molecule has 136 valence electrons. The highest BCUT2D eigenvalue weighted by atomic mass is 16.5. The lowest BCUT2D eigenvalue weighted by atomic mass is 9.95. The molecule has 0 saturated heterocycles. The third kappa shape index (κ3) is 4.32. The molecule has 0 spiro atoms. The van der Waals surface area contributed by atoms with Gasteiger partial charge in [-0.3, -0.25) is 0 Å². The quantitative estimate of drug-likeness (QED) is 0.745. The summed E-state index contributed by atoms with van der Waals surface area (Å²) in [6, 6.07) is 7.10. The topological polar surface area (TPSA) is 70.7 Å². The molecule has 1 atom stereocenters. The van der Waals surface area contributed by atoms with Crippen molar-refractivity contribution in [3.63, 3.8) is 0 Å². The van der Waals surface area contributed by atoms with Gasteiger partial charge in [0.15, 0.2) is 0 Å². The van der Waals surface area contributed by atoms with Crippen LogP contribution in [0.1, 0.15) is 45.7 Å². The molecule has 6 nitrogen and oxygen atoms in total. The van der Waals surface area contributed by atoms with Gasteiger partial charge in [-0.05, 0) is 44.9 Å². The molecular formula is C19H27N3O3. The minimum atomic E-state index is -0.510. The number of hydrogen-bond donors (Lipinski definition) is 2. The van der Waals surface area contributed by atoms with Crippen molar-refractivity contribution in [1.82, 2.24) is 10.6 Å². The van der Waals surface area contributed by atoms with E-state index in [9.17, 15) is 9.59 Å². The molecule has 6 heteroatoms. The van der Waals surface area contributed by atoms with Crippen molar-refractivity contribution in [1.29, 1.82) is 0 Å². The highest BCUT2D eigenvalue weighted by molar-refractivity contribution is 5.95. The molecule has 1 heterocycles. The van der Waals surface area contributed by atoms with Crippen LogP contribution in [0.5, 0.6) is 0 Å². The Balaban J connectivity index is 2.32. The van der Waals surface area contributed by atoms with Gasteiger partial charge in [0.05, 0.1) is 18.2 Å². The van der Waals surface area contributed by atoms with Crippen molar-refractivity contribution in [3.8, 4) is 0 Å². The van der Waals surface area contributed by atoms with E-state index in [-0.39, 0.29) is 6.03 Å². The fourth-order valence-electron chi connectivity index (χ4n) is 2.95. The Morgan fingerprint density at radius 2 is 1.80 bits per heavy atom. The highest BCUT2D eigenvalue weighted by Gasteiger charge is 2.32. The number of urea groups is 1. The molecule has 2 rings (SSSR count). The Morgan fingerprint density at radius 1 is 1.16 bits per heavy atom. The lowest BCUT2D eigenvalue weighted by Crippen LogP contribution is -2.45. The summed E-state index contributed by atoms with van der Waals surface area (Å²) in [7, 11) is 0. The maximum Gasteiger partial charge on any atom is 0.338 e. The average Bonchev–Trinajstić information content (AvgIpc) is 2.60. The smallest absolute Gasteiger partial charge is 0.338 e. The molecule has 1 aromatic rings. The van der Waals surface area contributed by atoms with E-state index in [4.69, 9.17) is 4.74 Å². The van der Waals surface area contributed by atoms with Crippen molar-refractivity contribution in [3.05, 3.63) is 41.1 Å². The Morgan fingerprint density at radius 3 is 2.36 bits per heavy atom. The first-order valence-corrected chi connectivity index (χ1v) is 8.82. The molecule has 0 aliphatic carbocycles. The predicted molar refractivity (Wildman–Crippen MR) is 98.4 cm³/mol. The van der Waals surface area contributed by atoms with Crippen molar-refractivity contribution in [2.75, 3.05) is 24.6 Å². The van der Waals surface area contributed by atoms with Crippen LogP contribution in [0.4, 0.5) is 10.5 Å². The summed E-state index contributed by atoms with van der Waals surface area (Å²) in [6.45, 7) is 10.1. The molecule has 1 aromatic carbocycles. The van der Waals surface area contributed by atoms with Gasteiger partial charge in [0.25, 0.3) is 0 Å². The second-order valence-corrected chi connectivity index (χ2v) is 5.97. The maximum atomic E-state index is 12.4. The van der Waals surface area contributed by atoms with Crippen molar-refractivity contribution >= 4 is 17.7 Å². The molecule has 0 saturated carbocycles. The minimum absolute atomic E-state index is 0.317. The molecule has 0 unspecified atom stereocenters. The van der Waals surface area contributed by atoms with Crippen LogP contribution in [0.25, 0.3) is 0 Å². The molecule has 25 heavy (non-hydrogen) atoms. The Labute approximate surface area is 149 Å². The molecule has 2 amide bonds. The molecule has 2 N–H and O–H groups in total. The second kappa shape index (κ2) is 8.55. The van der Waals surface area contributed by atoms with Gasteiger partial charge >= 0.3 is 12.0 Å². The normalized spacial score (nSPS) is 17.0. The SMILES string of the molecule is CCCOC(=O)C1=C(C)NC(=O)N[C@H]1c1ccc(N(CC)CC)cc1. The summed E-state index contributed by atoms with van der Waals surface area (Å²) < 4.78 is 5.29. The summed E-state index contributed by atoms with van der Waals surface area (Å²) in [5.41, 5.74) is 2.95. The van der Waals surface area contributed by atoms with Crippen molar-refractivity contribution < 1.29 is 14.3 Å². The van der Waals surface area contributed by atoms with Crippen LogP contribution < -0.4 is 15.5 Å². The van der Waals surface area contributed by atoms with Gasteiger partial charge in [-0.15, -0.1) is 0 Å². The summed E-state index contributed by atoms with van der Waals surface area (Å²) >= 11 is 0. The molecular weight excluding hydrogens is 318 g/mol. The summed E-state index contributed by atoms with van der Waals surface area (Å²) in [5.74, 6) is -0.398. The standard InChI is InChI=1S/C19H27N3O3/c1-5-12-25-18(23)16-13(4)20-19(24)21-17(16)14-8-10-15(11-9-14)22(6-2)7-3/h8-11,17H,5-7,12H2,1-4H3,(H2,20,21,24)/t17-/m0/s1. The van der Waals surface area contributed by atoms with Gasteiger partial charge in [-0.1, -0.05) is 19.1 Å². The number of anilines is 1. The fraction of sp³-hybridized carbons (Fsp3) is 0.474. The first kappa shape index (κ1) is 18.8. The van der Waals surface area contributed by atoms with E-state index >= 15 is 0 Å². The van der Waals surface area contributed by atoms with Crippen LogP contribution in [0.3, 0.4) is 0 Å². The van der Waals surface area contributed by atoms with Crippen molar-refractivity contribution in [2.24, 2.45) is 0 Å². The first-order valence-electron chi connectivity index (χ1n) is 8.82. The second-order valence-electron chi connectivity index (χ2n) is 5.97. The third-order valence-electron chi connectivity index (χ3n) is 4.28. The van der Waals surface area contributed by atoms with Crippen LogP contribution in [0.15, 0.2) is 35.5 Å². The molecule has 0 fully saturated rings. The largest absolute Gasteiger partial charge is 0.462 e. The first-order chi connectivity index (χ1) is 12.0. The third-order valence-corrected chi connectivity index (χ3v) is 4.28. The van der Waals surface area contributed by atoms with E-state index in [0.29, 0.717) is 17.9 Å². The van der Waals surface area contributed by atoms with Gasteiger partial charge in [-0.2, -0.15) is 0 Å². The molecule has 1 aliphatic heterocycles. The van der Waals surface area contributed by atoms with Crippen LogP contribution in [-0.4, -0.2) is 31.7 Å². The molecule has 1 aliphatic rings. The van der Waals surface area contributed by atoms with Gasteiger partial charge in [-0.25, -0.2) is 9.59 Å². The number of carbonyl (C=O) groups excluding carboxylic acids is 2. The van der Waals surface area contributed by atoms with E-state index in [1.54, 1.807) is 6.92 Å². The fourth-order valence-corrected chi connectivity index (χ4v) is 2.95. The van der Waals surface area contributed by atoms with E-state index in [2.05, 4.69) is 29.4 Å². The van der Waals surface area contributed by atoms with Gasteiger partial charge in [0, 0.05) is 24.5 Å². The van der Waals surface area contributed by atoms with Crippen molar-refractivity contribution in [2.45, 2.75) is 40.2 Å². The Bertz CT molecular complexity index is 648.